The molecule has 0 amide bonds. The standard InChI is InChI=1S/C23H33BO5.C22H31BO5/c1-21(2,3)27-20(25)16-10-8-9-14(19(16)26-7)13-24-28-18-12-15-11-17(22(15,4)5)23(18,6)29-24;1-20(2,3)26-19(24)14-9-8-10-15(18(14)25-7)23-27-17-12-13-11-16(21(13,4)5)22(17,6)28-23/h8-10,15,17-18H,11-13H2,1-7H3;8-10,13,16-17H,11-12H2,1-7H3/t15-,17-,18+,23-;13-,16-,17+,22-/m00/s1. The van der Waals surface area contributed by atoms with Gasteiger partial charge in [0.05, 0.1) is 37.6 Å². The van der Waals surface area contributed by atoms with E-state index in [9.17, 15) is 9.59 Å². The molecule has 310 valence electrons. The van der Waals surface area contributed by atoms with Crippen LogP contribution in [0.3, 0.4) is 0 Å². The minimum Gasteiger partial charge on any atom is -0.496 e. The van der Waals surface area contributed by atoms with Crippen LogP contribution in [0.1, 0.15) is 135 Å². The molecule has 2 saturated heterocycles. The molecule has 0 radical (unpaired) electrons. The summed E-state index contributed by atoms with van der Waals surface area (Å²) in [6.07, 6.45) is 5.27. The molecule has 12 heteroatoms. The number of carbonyl (C=O) groups is 2. The molecule has 8 aliphatic rings. The second kappa shape index (κ2) is 14.3. The second-order valence-corrected chi connectivity index (χ2v) is 20.8. The van der Waals surface area contributed by atoms with E-state index in [4.69, 9.17) is 37.6 Å². The summed E-state index contributed by atoms with van der Waals surface area (Å²) >= 11 is 0. The molecule has 2 heterocycles. The summed E-state index contributed by atoms with van der Waals surface area (Å²) in [5.41, 5.74) is 1.39. The molecule has 10 rings (SSSR count). The smallest absolute Gasteiger partial charge is 0.496 e. The van der Waals surface area contributed by atoms with Crippen molar-refractivity contribution in [2.45, 2.75) is 150 Å². The molecule has 0 spiro atoms. The number of esters is 2. The highest BCUT2D eigenvalue weighted by atomic mass is 16.7. The lowest BCUT2D eigenvalue weighted by Gasteiger charge is -2.64. The van der Waals surface area contributed by atoms with Gasteiger partial charge in [0.25, 0.3) is 0 Å². The Labute approximate surface area is 341 Å². The van der Waals surface area contributed by atoms with Crippen molar-refractivity contribution >= 4 is 31.6 Å². The molecule has 2 aromatic rings. The van der Waals surface area contributed by atoms with Crippen molar-refractivity contribution in [3.63, 3.8) is 0 Å². The van der Waals surface area contributed by atoms with E-state index in [1.165, 1.54) is 12.8 Å². The molecular formula is C45H64B2O10. The first kappa shape index (κ1) is 42.1. The van der Waals surface area contributed by atoms with Crippen molar-refractivity contribution in [3.05, 3.63) is 53.1 Å². The fourth-order valence-electron chi connectivity index (χ4n) is 11.2. The molecule has 57 heavy (non-hydrogen) atoms. The number of carbonyl (C=O) groups excluding carboxylic acids is 2. The van der Waals surface area contributed by atoms with Gasteiger partial charge in [0.15, 0.2) is 0 Å². The summed E-state index contributed by atoms with van der Waals surface area (Å²) < 4.78 is 48.1. The van der Waals surface area contributed by atoms with Crippen molar-refractivity contribution in [1.82, 2.24) is 0 Å². The number of rotatable bonds is 7. The number of para-hydroxylation sites is 2. The predicted octanol–water partition coefficient (Wildman–Crippen LogP) is 8.05. The molecule has 6 saturated carbocycles. The second-order valence-electron chi connectivity index (χ2n) is 20.8. The van der Waals surface area contributed by atoms with E-state index in [2.05, 4.69) is 41.5 Å². The zero-order valence-electron chi connectivity index (χ0n) is 36.7. The van der Waals surface area contributed by atoms with Crippen molar-refractivity contribution in [2.24, 2.45) is 34.5 Å². The van der Waals surface area contributed by atoms with Crippen LogP contribution in [0.5, 0.6) is 11.5 Å². The third-order valence-corrected chi connectivity index (χ3v) is 14.4. The summed E-state index contributed by atoms with van der Waals surface area (Å²) in [7, 11) is 2.28. The highest BCUT2D eigenvalue weighted by Crippen LogP contribution is 2.67. The van der Waals surface area contributed by atoms with E-state index in [1.54, 1.807) is 26.4 Å². The maximum Gasteiger partial charge on any atom is 0.498 e. The number of hydrogen-bond donors (Lipinski definition) is 0. The highest BCUT2D eigenvalue weighted by molar-refractivity contribution is 6.63. The lowest BCUT2D eigenvalue weighted by Crippen LogP contribution is -2.65. The number of ether oxygens (including phenoxy) is 4. The van der Waals surface area contributed by atoms with Gasteiger partial charge in [-0.3, -0.25) is 0 Å². The Hall–Kier alpha value is -3.05. The van der Waals surface area contributed by atoms with Crippen LogP contribution in [-0.4, -0.2) is 75.0 Å². The van der Waals surface area contributed by atoms with Crippen molar-refractivity contribution in [3.8, 4) is 11.5 Å². The maximum absolute atomic E-state index is 12.7. The Kier molecular flexibility index (Phi) is 10.6. The molecule has 10 nitrogen and oxygen atoms in total. The lowest BCUT2D eigenvalue weighted by molar-refractivity contribution is -0.199. The summed E-state index contributed by atoms with van der Waals surface area (Å²) in [6.45, 7) is 24.9. The largest absolute Gasteiger partial charge is 0.498 e. The van der Waals surface area contributed by atoms with E-state index in [-0.39, 0.29) is 41.9 Å². The Morgan fingerprint density at radius 1 is 0.667 bits per heavy atom. The quantitative estimate of drug-likeness (QED) is 0.202. The Bertz CT molecular complexity index is 1880. The number of hydrogen-bond acceptors (Lipinski definition) is 10. The summed E-state index contributed by atoms with van der Waals surface area (Å²) in [6, 6.07) is 11.0. The molecule has 0 aromatic heterocycles. The first-order valence-electron chi connectivity index (χ1n) is 20.9. The van der Waals surface area contributed by atoms with Crippen molar-refractivity contribution < 1.29 is 47.2 Å². The van der Waals surface area contributed by atoms with Gasteiger partial charge >= 0.3 is 26.2 Å². The van der Waals surface area contributed by atoms with Gasteiger partial charge in [-0.15, -0.1) is 0 Å². The summed E-state index contributed by atoms with van der Waals surface area (Å²) in [5, 5.41) is 0. The van der Waals surface area contributed by atoms with E-state index >= 15 is 0 Å². The van der Waals surface area contributed by atoms with Crippen LogP contribution in [-0.2, 0) is 34.4 Å². The van der Waals surface area contributed by atoms with E-state index in [0.717, 1.165) is 29.8 Å². The topological polar surface area (TPSA) is 108 Å². The van der Waals surface area contributed by atoms with Gasteiger partial charge in [-0.25, -0.2) is 9.59 Å². The van der Waals surface area contributed by atoms with Gasteiger partial charge in [-0.2, -0.15) is 0 Å². The van der Waals surface area contributed by atoms with Crippen LogP contribution < -0.4 is 14.9 Å². The molecule has 0 N–H and O–H groups in total. The lowest BCUT2D eigenvalue weighted by atomic mass is 9.43. The number of benzene rings is 2. The van der Waals surface area contributed by atoms with E-state index in [0.29, 0.717) is 52.1 Å². The summed E-state index contributed by atoms with van der Waals surface area (Å²) in [4.78, 5) is 25.3. The van der Waals surface area contributed by atoms with Crippen molar-refractivity contribution in [1.29, 1.82) is 0 Å². The third-order valence-electron chi connectivity index (χ3n) is 14.4. The Morgan fingerprint density at radius 3 is 1.63 bits per heavy atom. The van der Waals surface area contributed by atoms with Crippen LogP contribution in [0.25, 0.3) is 0 Å². The zero-order valence-corrected chi connectivity index (χ0v) is 36.7. The first-order chi connectivity index (χ1) is 26.4. The number of methoxy groups -OCH3 is 2. The molecule has 8 fully saturated rings. The first-order valence-corrected chi connectivity index (χ1v) is 20.9. The zero-order chi connectivity index (χ0) is 41.7. The van der Waals surface area contributed by atoms with Gasteiger partial charge in [0.1, 0.15) is 33.8 Å². The monoisotopic (exact) mass is 786 g/mol. The fourth-order valence-corrected chi connectivity index (χ4v) is 11.2. The molecule has 6 aliphatic carbocycles. The van der Waals surface area contributed by atoms with Gasteiger partial charge in [-0.05, 0) is 133 Å². The molecule has 4 bridgehead atoms. The van der Waals surface area contributed by atoms with Crippen molar-refractivity contribution in [2.75, 3.05) is 14.2 Å². The SMILES string of the molecule is COc1c(B2O[C@@H]3C[C@@H]4C[C@@H](C4(C)C)[C@]3(C)O2)cccc1C(=O)OC(C)(C)C.COc1c(CB2O[C@@H]3C[C@@H]4C[C@@H](C4(C)C)[C@]3(C)O2)cccc1C(=O)OC(C)(C)C. The Balaban J connectivity index is 0.000000174. The molecule has 2 aliphatic heterocycles. The maximum atomic E-state index is 12.7. The van der Waals surface area contributed by atoms with E-state index < -0.39 is 24.3 Å². The van der Waals surface area contributed by atoms with Crippen LogP contribution >= 0.6 is 0 Å². The van der Waals surface area contributed by atoms with Crippen LogP contribution in [0.4, 0.5) is 0 Å². The van der Waals surface area contributed by atoms with Gasteiger partial charge in [0.2, 0.25) is 0 Å². The van der Waals surface area contributed by atoms with Crippen LogP contribution in [0.15, 0.2) is 36.4 Å². The van der Waals surface area contributed by atoms with Crippen LogP contribution in [0.2, 0.25) is 0 Å². The molecule has 0 unspecified atom stereocenters. The van der Waals surface area contributed by atoms with Gasteiger partial charge in [0, 0.05) is 11.8 Å². The normalized spacial score (nSPS) is 32.7. The summed E-state index contributed by atoms with van der Waals surface area (Å²) in [5.74, 6) is 2.64. The third kappa shape index (κ3) is 7.33. The predicted molar refractivity (Wildman–Crippen MR) is 220 cm³/mol. The average Bonchev–Trinajstić information content (AvgIpc) is 3.65. The minimum atomic E-state index is -0.576. The minimum absolute atomic E-state index is 0.0733. The van der Waals surface area contributed by atoms with E-state index in [1.807, 2.05) is 65.8 Å². The van der Waals surface area contributed by atoms with Crippen LogP contribution in [0, 0.1) is 34.5 Å². The van der Waals surface area contributed by atoms with Gasteiger partial charge < -0.3 is 37.6 Å². The fraction of sp³-hybridized carbons (Fsp3) is 0.689. The molecular weight excluding hydrogens is 722 g/mol. The highest BCUT2D eigenvalue weighted by Gasteiger charge is 2.69. The molecule has 2 aromatic carbocycles. The van der Waals surface area contributed by atoms with Gasteiger partial charge in [-0.1, -0.05) is 52.0 Å². The Morgan fingerprint density at radius 2 is 1.14 bits per heavy atom. The average molecular weight is 787 g/mol. The molecule has 8 atom stereocenters.